The van der Waals surface area contributed by atoms with E-state index in [0.717, 1.165) is 0 Å². The van der Waals surface area contributed by atoms with Gasteiger partial charge in [0.25, 0.3) is 6.43 Å². The average molecular weight is 257 g/mol. The summed E-state index contributed by atoms with van der Waals surface area (Å²) in [5.41, 5.74) is 0.429. The fourth-order valence-corrected chi connectivity index (χ4v) is 1.92. The van der Waals surface area contributed by atoms with Gasteiger partial charge in [-0.3, -0.25) is 9.69 Å². The summed E-state index contributed by atoms with van der Waals surface area (Å²) in [4.78, 5) is 13.1. The zero-order valence-corrected chi connectivity index (χ0v) is 10.4. The normalized spacial score (nSPS) is 13.0. The van der Waals surface area contributed by atoms with Gasteiger partial charge in [0.15, 0.2) is 0 Å². The van der Waals surface area contributed by atoms with E-state index in [1.807, 2.05) is 13.8 Å². The second-order valence-corrected chi connectivity index (χ2v) is 3.93. The molecule has 1 aromatic carbocycles. The largest absolute Gasteiger partial charge is 0.480 e. The summed E-state index contributed by atoms with van der Waals surface area (Å²) in [6.45, 7) is 4.91. The number of aliphatic carboxylic acids is 1. The lowest BCUT2D eigenvalue weighted by atomic mass is 10.0. The minimum Gasteiger partial charge on any atom is -0.480 e. The van der Waals surface area contributed by atoms with E-state index >= 15 is 0 Å². The van der Waals surface area contributed by atoms with Crippen LogP contribution in [0, 0.1) is 0 Å². The Morgan fingerprint density at radius 3 is 1.94 bits per heavy atom. The molecular weight excluding hydrogens is 240 g/mol. The number of hydrogen-bond acceptors (Lipinski definition) is 2. The van der Waals surface area contributed by atoms with Crippen molar-refractivity contribution in [3.63, 3.8) is 0 Å². The molecule has 1 rings (SSSR count). The van der Waals surface area contributed by atoms with Gasteiger partial charge < -0.3 is 5.11 Å². The summed E-state index contributed by atoms with van der Waals surface area (Å²) in [6.07, 6.45) is -2.53. The summed E-state index contributed by atoms with van der Waals surface area (Å²) in [5, 5.41) is 9.25. The van der Waals surface area contributed by atoms with Crippen LogP contribution < -0.4 is 0 Å². The molecule has 0 bridgehead atoms. The monoisotopic (exact) mass is 257 g/mol. The van der Waals surface area contributed by atoms with E-state index in [0.29, 0.717) is 18.7 Å². The second-order valence-electron chi connectivity index (χ2n) is 3.93. The quantitative estimate of drug-likeness (QED) is 0.851. The van der Waals surface area contributed by atoms with Gasteiger partial charge in [-0.15, -0.1) is 0 Å². The van der Waals surface area contributed by atoms with Gasteiger partial charge in [0.1, 0.15) is 6.04 Å². The van der Waals surface area contributed by atoms with Crippen molar-refractivity contribution < 1.29 is 18.7 Å². The van der Waals surface area contributed by atoms with Crippen molar-refractivity contribution in [2.45, 2.75) is 26.3 Å². The molecule has 0 heterocycles. The van der Waals surface area contributed by atoms with Crippen LogP contribution in [0.3, 0.4) is 0 Å². The number of carboxylic acid groups (broad SMARTS) is 1. The Hall–Kier alpha value is -1.49. The van der Waals surface area contributed by atoms with E-state index in [9.17, 15) is 18.7 Å². The minimum absolute atomic E-state index is 0.0950. The van der Waals surface area contributed by atoms with Crippen LogP contribution in [0.25, 0.3) is 0 Å². The molecule has 0 aliphatic heterocycles. The van der Waals surface area contributed by atoms with E-state index < -0.39 is 18.4 Å². The number of benzene rings is 1. The zero-order valence-electron chi connectivity index (χ0n) is 10.4. The molecule has 1 unspecified atom stereocenters. The van der Waals surface area contributed by atoms with Crippen LogP contribution in [0.2, 0.25) is 0 Å². The highest BCUT2D eigenvalue weighted by Gasteiger charge is 2.25. The van der Waals surface area contributed by atoms with Gasteiger partial charge in [-0.1, -0.05) is 38.1 Å². The Labute approximate surface area is 105 Å². The van der Waals surface area contributed by atoms with Gasteiger partial charge in [0, 0.05) is 5.56 Å². The first-order valence-electron chi connectivity index (χ1n) is 5.86. The third-order valence-electron chi connectivity index (χ3n) is 2.92. The van der Waals surface area contributed by atoms with Crippen molar-refractivity contribution in [1.29, 1.82) is 0 Å². The topological polar surface area (TPSA) is 40.5 Å². The predicted molar refractivity (Wildman–Crippen MR) is 64.7 cm³/mol. The molecule has 100 valence electrons. The Kier molecular flexibility index (Phi) is 5.22. The van der Waals surface area contributed by atoms with Crippen molar-refractivity contribution in [2.24, 2.45) is 0 Å². The third-order valence-corrected chi connectivity index (χ3v) is 2.92. The number of rotatable bonds is 6. The first-order chi connectivity index (χ1) is 8.51. The fourth-order valence-electron chi connectivity index (χ4n) is 1.92. The number of carbonyl (C=O) groups is 1. The molecule has 0 fully saturated rings. The van der Waals surface area contributed by atoms with Crippen LogP contribution in [-0.4, -0.2) is 29.1 Å². The number of nitrogens with zero attached hydrogens (tertiary/aromatic N) is 1. The van der Waals surface area contributed by atoms with E-state index in [2.05, 4.69) is 0 Å². The lowest BCUT2D eigenvalue weighted by Gasteiger charge is -2.26. The van der Waals surface area contributed by atoms with E-state index in [4.69, 9.17) is 0 Å². The van der Waals surface area contributed by atoms with Gasteiger partial charge in [0.2, 0.25) is 0 Å². The first-order valence-corrected chi connectivity index (χ1v) is 5.86. The molecule has 0 amide bonds. The minimum atomic E-state index is -2.53. The molecule has 0 aliphatic carbocycles. The molecule has 18 heavy (non-hydrogen) atoms. The second kappa shape index (κ2) is 6.44. The highest BCUT2D eigenvalue weighted by atomic mass is 19.3. The van der Waals surface area contributed by atoms with Crippen molar-refractivity contribution in [1.82, 2.24) is 4.90 Å². The van der Waals surface area contributed by atoms with E-state index in [-0.39, 0.29) is 5.56 Å². The molecule has 0 aliphatic rings. The van der Waals surface area contributed by atoms with Gasteiger partial charge in [0.05, 0.1) is 0 Å². The molecule has 1 atom stereocenters. The fraction of sp³-hybridized carbons (Fsp3) is 0.462. The highest BCUT2D eigenvalue weighted by molar-refractivity contribution is 5.75. The third kappa shape index (κ3) is 3.26. The maximum atomic E-state index is 12.4. The SMILES string of the molecule is CCN(CC)C(C(=O)O)c1ccc(C(F)F)cc1. The Morgan fingerprint density at radius 1 is 1.17 bits per heavy atom. The lowest BCUT2D eigenvalue weighted by molar-refractivity contribution is -0.143. The summed E-state index contributed by atoms with van der Waals surface area (Å²) in [6, 6.07) is 4.68. The van der Waals surface area contributed by atoms with Gasteiger partial charge in [-0.25, -0.2) is 8.78 Å². The standard InChI is InChI=1S/C13H17F2NO2/c1-3-16(4-2)11(13(17)18)9-5-7-10(8-6-9)12(14)15/h5-8,11-12H,3-4H2,1-2H3,(H,17,18). The van der Waals surface area contributed by atoms with Crippen LogP contribution >= 0.6 is 0 Å². The average Bonchev–Trinajstić information content (AvgIpc) is 2.35. The smallest absolute Gasteiger partial charge is 0.325 e. The van der Waals surface area contributed by atoms with Gasteiger partial charge in [-0.2, -0.15) is 0 Å². The predicted octanol–water partition coefficient (Wildman–Crippen LogP) is 3.09. The number of halogens is 2. The molecule has 0 aromatic heterocycles. The molecule has 0 spiro atoms. The van der Waals surface area contributed by atoms with Crippen LogP contribution in [-0.2, 0) is 4.79 Å². The molecule has 1 N–H and O–H groups in total. The molecule has 5 heteroatoms. The number of alkyl halides is 2. The molecule has 0 saturated carbocycles. The first kappa shape index (κ1) is 14.6. The summed E-state index contributed by atoms with van der Waals surface area (Å²) >= 11 is 0. The number of carboxylic acids is 1. The molecule has 1 aromatic rings. The highest BCUT2D eigenvalue weighted by Crippen LogP contribution is 2.24. The van der Waals surface area contributed by atoms with Crippen LogP contribution in [0.4, 0.5) is 8.78 Å². The number of hydrogen-bond donors (Lipinski definition) is 1. The summed E-state index contributed by atoms with van der Waals surface area (Å²) in [5.74, 6) is -0.969. The molecule has 0 saturated heterocycles. The van der Waals surface area contributed by atoms with Crippen LogP contribution in [0.1, 0.15) is 37.4 Å². The summed E-state index contributed by atoms with van der Waals surface area (Å²) < 4.78 is 24.8. The van der Waals surface area contributed by atoms with Crippen molar-refractivity contribution in [2.75, 3.05) is 13.1 Å². The Balaban J connectivity index is 3.03. The van der Waals surface area contributed by atoms with E-state index in [1.165, 1.54) is 24.3 Å². The van der Waals surface area contributed by atoms with Gasteiger partial charge in [-0.05, 0) is 18.7 Å². The van der Waals surface area contributed by atoms with Crippen molar-refractivity contribution in [3.05, 3.63) is 35.4 Å². The Morgan fingerprint density at radius 2 is 1.61 bits per heavy atom. The molecule has 0 radical (unpaired) electrons. The van der Waals surface area contributed by atoms with Crippen molar-refractivity contribution in [3.8, 4) is 0 Å². The van der Waals surface area contributed by atoms with Gasteiger partial charge >= 0.3 is 5.97 Å². The number of likely N-dealkylation sites (N-methyl/N-ethyl adjacent to an activating group) is 1. The van der Waals surface area contributed by atoms with Crippen molar-refractivity contribution >= 4 is 5.97 Å². The maximum absolute atomic E-state index is 12.4. The van der Waals surface area contributed by atoms with Crippen LogP contribution in [0.5, 0.6) is 0 Å². The lowest BCUT2D eigenvalue weighted by Crippen LogP contribution is -2.33. The van der Waals surface area contributed by atoms with E-state index in [1.54, 1.807) is 4.90 Å². The molecular formula is C13H17F2NO2. The Bertz CT molecular complexity index is 388. The molecule has 3 nitrogen and oxygen atoms in total. The summed E-state index contributed by atoms with van der Waals surface area (Å²) in [7, 11) is 0. The maximum Gasteiger partial charge on any atom is 0.325 e. The zero-order chi connectivity index (χ0) is 13.7. The van der Waals surface area contributed by atoms with Crippen LogP contribution in [0.15, 0.2) is 24.3 Å².